The van der Waals surface area contributed by atoms with Crippen molar-refractivity contribution < 1.29 is 19.1 Å². The van der Waals surface area contributed by atoms with Gasteiger partial charge in [0, 0.05) is 30.4 Å². The first-order valence-electron chi connectivity index (χ1n) is 8.84. The lowest BCUT2D eigenvalue weighted by molar-refractivity contribution is -0.133. The molecule has 2 aliphatic heterocycles. The molecule has 0 aliphatic carbocycles. The molecule has 0 bridgehead atoms. The zero-order valence-corrected chi connectivity index (χ0v) is 15.5. The van der Waals surface area contributed by atoms with E-state index in [1.807, 2.05) is 24.3 Å². The number of para-hydroxylation sites is 1. The fourth-order valence-corrected chi connectivity index (χ4v) is 4.28. The number of carbonyl (C=O) groups excluding carboxylic acids is 3. The van der Waals surface area contributed by atoms with Crippen LogP contribution in [0.4, 0.5) is 10.5 Å². The second-order valence-electron chi connectivity index (χ2n) is 6.34. The normalized spacial score (nSPS) is 22.2. The molecule has 3 amide bonds. The summed E-state index contributed by atoms with van der Waals surface area (Å²) in [4.78, 5) is 39.2. The van der Waals surface area contributed by atoms with E-state index in [-0.39, 0.29) is 24.3 Å². The summed E-state index contributed by atoms with van der Waals surface area (Å²) in [6, 6.07) is 7.47. The van der Waals surface area contributed by atoms with Gasteiger partial charge in [-0.2, -0.15) is 0 Å². The summed E-state index contributed by atoms with van der Waals surface area (Å²) < 4.78 is 4.90. The Bertz CT molecular complexity index is 697. The number of nitrogens with zero attached hydrogens (tertiary/aromatic N) is 1. The van der Waals surface area contributed by atoms with E-state index in [9.17, 15) is 14.4 Å². The van der Waals surface area contributed by atoms with Gasteiger partial charge in [-0.15, -0.1) is 11.8 Å². The van der Waals surface area contributed by atoms with Crippen LogP contribution < -0.4 is 10.6 Å². The number of hydrogen-bond acceptors (Lipinski definition) is 5. The molecular formula is C18H23N3O4S. The summed E-state index contributed by atoms with van der Waals surface area (Å²) in [7, 11) is 0. The first-order valence-corrected chi connectivity index (χ1v) is 9.72. The molecule has 0 saturated carbocycles. The molecule has 1 aromatic rings. The lowest BCUT2D eigenvalue weighted by Crippen LogP contribution is -2.50. The summed E-state index contributed by atoms with van der Waals surface area (Å²) in [5, 5.41) is 5.22. The minimum atomic E-state index is -0.453. The molecule has 2 heterocycles. The maximum atomic E-state index is 12.7. The molecule has 3 rings (SSSR count). The van der Waals surface area contributed by atoms with Crippen molar-refractivity contribution in [2.24, 2.45) is 0 Å². The zero-order valence-electron chi connectivity index (χ0n) is 14.7. The van der Waals surface area contributed by atoms with Gasteiger partial charge in [-0.3, -0.25) is 9.59 Å². The van der Waals surface area contributed by atoms with Gasteiger partial charge in [-0.25, -0.2) is 4.79 Å². The first kappa shape index (κ1) is 18.6. The number of nitrogens with one attached hydrogen (secondary N) is 2. The minimum Gasteiger partial charge on any atom is -0.450 e. The highest BCUT2D eigenvalue weighted by atomic mass is 32.2. The number of likely N-dealkylation sites (tertiary alicyclic amines) is 1. The van der Waals surface area contributed by atoms with Crippen LogP contribution in [0.5, 0.6) is 0 Å². The van der Waals surface area contributed by atoms with Crippen molar-refractivity contribution >= 4 is 35.4 Å². The van der Waals surface area contributed by atoms with Crippen LogP contribution in [-0.4, -0.2) is 53.8 Å². The molecule has 26 heavy (non-hydrogen) atoms. The predicted octanol–water partition coefficient (Wildman–Crippen LogP) is 2.23. The maximum Gasteiger partial charge on any atom is 0.407 e. The number of rotatable bonds is 4. The third kappa shape index (κ3) is 4.49. The highest BCUT2D eigenvalue weighted by molar-refractivity contribution is 8.01. The monoisotopic (exact) mass is 377 g/mol. The van der Waals surface area contributed by atoms with Crippen LogP contribution in [-0.2, 0) is 14.3 Å². The molecule has 1 fully saturated rings. The first-order chi connectivity index (χ1) is 12.6. The lowest BCUT2D eigenvalue weighted by Gasteiger charge is -2.34. The molecule has 1 saturated heterocycles. The summed E-state index contributed by atoms with van der Waals surface area (Å²) in [6.45, 7) is 3.17. The van der Waals surface area contributed by atoms with Crippen LogP contribution in [0.3, 0.4) is 0 Å². The fourth-order valence-electron chi connectivity index (χ4n) is 3.18. The zero-order chi connectivity index (χ0) is 18.5. The average molecular weight is 377 g/mol. The van der Waals surface area contributed by atoms with Crippen LogP contribution in [0.2, 0.25) is 0 Å². The molecule has 2 aliphatic rings. The lowest BCUT2D eigenvalue weighted by atomic mass is 10.1. The van der Waals surface area contributed by atoms with Crippen LogP contribution in [0.25, 0.3) is 0 Å². The molecular weight excluding hydrogens is 354 g/mol. The summed E-state index contributed by atoms with van der Waals surface area (Å²) >= 11 is 1.43. The summed E-state index contributed by atoms with van der Waals surface area (Å²) in [5.74, 6) is -0.201. The standard InChI is InChI=1S/C18H23N3O4S/c1-2-25-18(24)19-12-6-5-9-21(11-12)16(22)10-15-17(23)20-13-7-3-4-8-14(13)26-15/h3-4,7-8,12,15H,2,5-6,9-11H2,1H3,(H,19,24)(H,20,23). The van der Waals surface area contributed by atoms with Gasteiger partial charge in [0.2, 0.25) is 11.8 Å². The Morgan fingerprint density at radius 3 is 3.00 bits per heavy atom. The van der Waals surface area contributed by atoms with Crippen LogP contribution in [0.15, 0.2) is 29.2 Å². The Morgan fingerprint density at radius 1 is 1.38 bits per heavy atom. The highest BCUT2D eigenvalue weighted by Crippen LogP contribution is 2.36. The Morgan fingerprint density at radius 2 is 2.19 bits per heavy atom. The number of benzene rings is 1. The number of ether oxygens (including phenoxy) is 1. The van der Waals surface area contributed by atoms with Gasteiger partial charge >= 0.3 is 6.09 Å². The molecule has 0 radical (unpaired) electrons. The highest BCUT2D eigenvalue weighted by Gasteiger charge is 2.32. The van der Waals surface area contributed by atoms with E-state index in [1.54, 1.807) is 11.8 Å². The SMILES string of the molecule is CCOC(=O)NC1CCCN(C(=O)CC2Sc3ccccc3NC2=O)C1. The van der Waals surface area contributed by atoms with Crippen LogP contribution >= 0.6 is 11.8 Å². The molecule has 140 valence electrons. The smallest absolute Gasteiger partial charge is 0.407 e. The second-order valence-corrected chi connectivity index (χ2v) is 7.58. The van der Waals surface area contributed by atoms with E-state index in [2.05, 4.69) is 10.6 Å². The topological polar surface area (TPSA) is 87.7 Å². The molecule has 7 nitrogen and oxygen atoms in total. The van der Waals surface area contributed by atoms with Gasteiger partial charge in [0.1, 0.15) is 0 Å². The average Bonchev–Trinajstić information content (AvgIpc) is 2.62. The van der Waals surface area contributed by atoms with Gasteiger partial charge in [0.15, 0.2) is 0 Å². The Balaban J connectivity index is 1.56. The third-order valence-electron chi connectivity index (χ3n) is 4.44. The van der Waals surface area contributed by atoms with E-state index in [4.69, 9.17) is 4.74 Å². The summed E-state index contributed by atoms with van der Waals surface area (Å²) in [6.07, 6.45) is 1.33. The third-order valence-corrected chi connectivity index (χ3v) is 5.71. The number of anilines is 1. The Labute approximate surface area is 156 Å². The number of carbonyl (C=O) groups is 3. The van der Waals surface area contributed by atoms with Crippen molar-refractivity contribution in [1.82, 2.24) is 10.2 Å². The molecule has 8 heteroatoms. The molecule has 1 aromatic carbocycles. The van der Waals surface area contributed by atoms with Crippen molar-refractivity contribution in [2.45, 2.75) is 42.4 Å². The van der Waals surface area contributed by atoms with Gasteiger partial charge in [-0.05, 0) is 31.9 Å². The molecule has 0 spiro atoms. The van der Waals surface area contributed by atoms with Crippen molar-refractivity contribution in [3.05, 3.63) is 24.3 Å². The van der Waals surface area contributed by atoms with Gasteiger partial charge in [-0.1, -0.05) is 12.1 Å². The maximum absolute atomic E-state index is 12.7. The molecule has 2 N–H and O–H groups in total. The quantitative estimate of drug-likeness (QED) is 0.840. The van der Waals surface area contributed by atoms with E-state index >= 15 is 0 Å². The van der Waals surface area contributed by atoms with Crippen LogP contribution in [0, 0.1) is 0 Å². The van der Waals surface area contributed by atoms with Crippen molar-refractivity contribution in [1.29, 1.82) is 0 Å². The number of alkyl carbamates (subject to hydrolysis) is 1. The number of fused-ring (bicyclic) bond motifs is 1. The minimum absolute atomic E-state index is 0.0626. The van der Waals surface area contributed by atoms with E-state index in [0.29, 0.717) is 19.7 Å². The number of thioether (sulfide) groups is 1. The van der Waals surface area contributed by atoms with Crippen molar-refractivity contribution in [2.75, 3.05) is 25.0 Å². The summed E-state index contributed by atoms with van der Waals surface area (Å²) in [5.41, 5.74) is 0.794. The molecule has 0 aromatic heterocycles. The van der Waals surface area contributed by atoms with Gasteiger partial charge in [0.25, 0.3) is 0 Å². The largest absolute Gasteiger partial charge is 0.450 e. The Kier molecular flexibility index (Phi) is 6.03. The van der Waals surface area contributed by atoms with Crippen molar-refractivity contribution in [3.8, 4) is 0 Å². The number of piperidine rings is 1. The molecule has 2 unspecified atom stereocenters. The van der Waals surface area contributed by atoms with E-state index in [0.717, 1.165) is 23.4 Å². The van der Waals surface area contributed by atoms with Gasteiger partial charge in [0.05, 0.1) is 17.5 Å². The number of hydrogen-bond donors (Lipinski definition) is 2. The molecule has 2 atom stereocenters. The van der Waals surface area contributed by atoms with Crippen LogP contribution in [0.1, 0.15) is 26.2 Å². The van der Waals surface area contributed by atoms with E-state index < -0.39 is 11.3 Å². The predicted molar refractivity (Wildman–Crippen MR) is 99.1 cm³/mol. The van der Waals surface area contributed by atoms with Crippen molar-refractivity contribution in [3.63, 3.8) is 0 Å². The number of amides is 3. The Hall–Kier alpha value is -2.22. The van der Waals surface area contributed by atoms with E-state index in [1.165, 1.54) is 11.8 Å². The van der Waals surface area contributed by atoms with Gasteiger partial charge < -0.3 is 20.3 Å². The fraction of sp³-hybridized carbons (Fsp3) is 0.500. The second kappa shape index (κ2) is 8.44.